The summed E-state index contributed by atoms with van der Waals surface area (Å²) in [5.74, 6) is 0.621. The van der Waals surface area contributed by atoms with Gasteiger partial charge in [-0.25, -0.2) is 14.8 Å². The molecule has 3 amide bonds. The van der Waals surface area contributed by atoms with E-state index in [2.05, 4.69) is 25.9 Å². The average Bonchev–Trinajstić information content (AvgIpc) is 3.34. The highest BCUT2D eigenvalue weighted by molar-refractivity contribution is 7.98. The predicted molar refractivity (Wildman–Crippen MR) is 130 cm³/mol. The first-order valence-electron chi connectivity index (χ1n) is 10.0. The summed E-state index contributed by atoms with van der Waals surface area (Å²) in [6.07, 6.45) is 3.40. The number of urea groups is 1. The van der Waals surface area contributed by atoms with Gasteiger partial charge in [0.1, 0.15) is 5.03 Å². The summed E-state index contributed by atoms with van der Waals surface area (Å²) in [7, 11) is 0. The number of hydrogen-bond donors (Lipinski definition) is 3. The monoisotopic (exact) mass is 459 g/mol. The van der Waals surface area contributed by atoms with Crippen molar-refractivity contribution in [1.82, 2.24) is 9.97 Å². The van der Waals surface area contributed by atoms with Gasteiger partial charge in [-0.15, -0.1) is 11.8 Å². The third-order valence-electron chi connectivity index (χ3n) is 4.63. The lowest BCUT2D eigenvalue weighted by atomic mass is 10.2. The number of anilines is 3. The van der Waals surface area contributed by atoms with Gasteiger partial charge in [-0.1, -0.05) is 24.3 Å². The number of benzene rings is 2. The van der Waals surface area contributed by atoms with Gasteiger partial charge < -0.3 is 20.4 Å². The number of carbonyl (C=O) groups excluding carboxylic acids is 2. The Labute approximate surface area is 194 Å². The zero-order valence-electron chi connectivity index (χ0n) is 18.0. The molecule has 4 rings (SSSR count). The normalized spacial score (nSPS) is 10.5. The molecule has 0 radical (unpaired) electrons. The van der Waals surface area contributed by atoms with Crippen LogP contribution in [0, 0.1) is 6.92 Å². The molecule has 0 spiro atoms. The molecule has 166 valence electrons. The summed E-state index contributed by atoms with van der Waals surface area (Å²) < 4.78 is 5.38. The van der Waals surface area contributed by atoms with Crippen molar-refractivity contribution in [3.63, 3.8) is 0 Å². The van der Waals surface area contributed by atoms with Gasteiger partial charge in [-0.05, 0) is 55.6 Å². The molecule has 2 aromatic heterocycles. The van der Waals surface area contributed by atoms with Crippen molar-refractivity contribution >= 4 is 40.8 Å². The largest absolute Gasteiger partial charge is 0.461 e. The smallest absolute Gasteiger partial charge is 0.323 e. The van der Waals surface area contributed by atoms with Crippen LogP contribution in [0.1, 0.15) is 16.1 Å². The van der Waals surface area contributed by atoms with Gasteiger partial charge in [0.05, 0.1) is 17.5 Å². The number of aryl methyl sites for hydroxylation is 1. The third-order valence-corrected chi connectivity index (χ3v) is 5.31. The molecular weight excluding hydrogens is 438 g/mol. The van der Waals surface area contributed by atoms with Crippen molar-refractivity contribution < 1.29 is 14.0 Å². The molecule has 9 heteroatoms. The Kier molecular flexibility index (Phi) is 6.70. The Morgan fingerprint density at radius 1 is 0.848 bits per heavy atom. The van der Waals surface area contributed by atoms with E-state index in [9.17, 15) is 9.59 Å². The Morgan fingerprint density at radius 3 is 2.24 bits per heavy atom. The Hall–Kier alpha value is -4.11. The quantitative estimate of drug-likeness (QED) is 0.253. The summed E-state index contributed by atoms with van der Waals surface area (Å²) >= 11 is 1.35. The minimum absolute atomic E-state index is 0.339. The van der Waals surface area contributed by atoms with E-state index in [1.807, 2.05) is 24.5 Å². The van der Waals surface area contributed by atoms with Gasteiger partial charge in [0, 0.05) is 17.1 Å². The van der Waals surface area contributed by atoms with Crippen LogP contribution in [0.4, 0.5) is 21.9 Å². The van der Waals surface area contributed by atoms with E-state index in [1.165, 1.54) is 11.8 Å². The molecule has 33 heavy (non-hydrogen) atoms. The molecule has 3 N–H and O–H groups in total. The number of nitrogens with one attached hydrogen (secondary N) is 3. The SMILES string of the molecule is CSc1nc(-c2ccco2)nc(C)c1C(=O)Nc1cccc(NC(=O)Nc2ccccc2)c1. The number of para-hydroxylation sites is 1. The third kappa shape index (κ3) is 5.39. The minimum atomic E-state index is -0.382. The van der Waals surface area contributed by atoms with E-state index in [0.717, 1.165) is 0 Å². The molecule has 2 heterocycles. The van der Waals surface area contributed by atoms with Crippen LogP contribution in [0.3, 0.4) is 0 Å². The fraction of sp³-hybridized carbons (Fsp3) is 0.0833. The molecular formula is C24H21N5O3S. The number of carbonyl (C=O) groups is 2. The van der Waals surface area contributed by atoms with Crippen LogP contribution in [-0.4, -0.2) is 28.2 Å². The molecule has 8 nitrogen and oxygen atoms in total. The Bertz CT molecular complexity index is 1280. The van der Waals surface area contributed by atoms with E-state index in [1.54, 1.807) is 61.7 Å². The zero-order valence-corrected chi connectivity index (χ0v) is 18.8. The molecule has 0 bridgehead atoms. The van der Waals surface area contributed by atoms with Crippen molar-refractivity contribution in [2.24, 2.45) is 0 Å². The van der Waals surface area contributed by atoms with E-state index >= 15 is 0 Å². The molecule has 0 aliphatic carbocycles. The van der Waals surface area contributed by atoms with Crippen LogP contribution in [-0.2, 0) is 0 Å². The lowest BCUT2D eigenvalue weighted by Crippen LogP contribution is -2.20. The fourth-order valence-corrected chi connectivity index (χ4v) is 3.78. The van der Waals surface area contributed by atoms with E-state index in [4.69, 9.17) is 4.42 Å². The second-order valence-electron chi connectivity index (χ2n) is 6.97. The van der Waals surface area contributed by atoms with Crippen LogP contribution in [0.15, 0.2) is 82.4 Å². The fourth-order valence-electron chi connectivity index (χ4n) is 3.15. The number of hydrogen-bond acceptors (Lipinski definition) is 6. The lowest BCUT2D eigenvalue weighted by Gasteiger charge is -2.13. The van der Waals surface area contributed by atoms with Crippen molar-refractivity contribution in [1.29, 1.82) is 0 Å². The minimum Gasteiger partial charge on any atom is -0.461 e. The molecule has 0 fully saturated rings. The maximum Gasteiger partial charge on any atom is 0.323 e. The van der Waals surface area contributed by atoms with Gasteiger partial charge in [0.25, 0.3) is 5.91 Å². The summed E-state index contributed by atoms with van der Waals surface area (Å²) in [4.78, 5) is 34.2. The molecule has 0 aliphatic heterocycles. The molecule has 4 aromatic rings. The van der Waals surface area contributed by atoms with Crippen molar-refractivity contribution in [3.8, 4) is 11.6 Å². The molecule has 0 aliphatic rings. The number of aromatic nitrogens is 2. The second-order valence-corrected chi connectivity index (χ2v) is 7.77. The zero-order chi connectivity index (χ0) is 23.2. The lowest BCUT2D eigenvalue weighted by molar-refractivity contribution is 0.102. The Morgan fingerprint density at radius 2 is 1.55 bits per heavy atom. The summed E-state index contributed by atoms with van der Waals surface area (Å²) in [5.41, 5.74) is 2.66. The first kappa shape index (κ1) is 22.1. The first-order chi connectivity index (χ1) is 16.0. The highest BCUT2D eigenvalue weighted by Gasteiger charge is 2.20. The molecule has 0 saturated heterocycles. The molecule has 0 atom stereocenters. The van der Waals surface area contributed by atoms with Crippen molar-refractivity contribution in [2.75, 3.05) is 22.2 Å². The topological polar surface area (TPSA) is 109 Å². The van der Waals surface area contributed by atoms with E-state index < -0.39 is 0 Å². The summed E-state index contributed by atoms with van der Waals surface area (Å²) in [5, 5.41) is 8.92. The highest BCUT2D eigenvalue weighted by atomic mass is 32.2. The van der Waals surface area contributed by atoms with E-state index in [-0.39, 0.29) is 11.9 Å². The van der Waals surface area contributed by atoms with Crippen LogP contribution in [0.25, 0.3) is 11.6 Å². The standard InChI is InChI=1S/C24H21N5O3S/c1-15-20(23(33-2)29-21(25-15)19-12-7-13-32-19)22(30)26-17-10-6-11-18(14-17)28-24(31)27-16-8-4-3-5-9-16/h3-14H,1-2H3,(H,26,30)(H2,27,28,31). The average molecular weight is 460 g/mol. The second kappa shape index (κ2) is 10.0. The Balaban J connectivity index is 1.49. The number of amides is 3. The van der Waals surface area contributed by atoms with Crippen molar-refractivity contribution in [3.05, 3.63) is 84.3 Å². The maximum absolute atomic E-state index is 13.1. The number of furan rings is 1. The first-order valence-corrected chi connectivity index (χ1v) is 11.3. The van der Waals surface area contributed by atoms with Gasteiger partial charge in [-0.3, -0.25) is 4.79 Å². The van der Waals surface area contributed by atoms with Gasteiger partial charge >= 0.3 is 6.03 Å². The van der Waals surface area contributed by atoms with Gasteiger partial charge in [0.15, 0.2) is 11.6 Å². The number of rotatable bonds is 6. The van der Waals surface area contributed by atoms with Crippen LogP contribution in [0.5, 0.6) is 0 Å². The van der Waals surface area contributed by atoms with Gasteiger partial charge in [0.2, 0.25) is 0 Å². The molecule has 0 unspecified atom stereocenters. The van der Waals surface area contributed by atoms with Crippen LogP contribution >= 0.6 is 11.8 Å². The number of thioether (sulfide) groups is 1. The van der Waals surface area contributed by atoms with Crippen LogP contribution < -0.4 is 16.0 Å². The van der Waals surface area contributed by atoms with Crippen LogP contribution in [0.2, 0.25) is 0 Å². The molecule has 0 saturated carbocycles. The maximum atomic E-state index is 13.1. The summed E-state index contributed by atoms with van der Waals surface area (Å²) in [6.45, 7) is 1.76. The number of nitrogens with zero attached hydrogens (tertiary/aromatic N) is 2. The molecule has 2 aromatic carbocycles. The van der Waals surface area contributed by atoms with Crippen molar-refractivity contribution in [2.45, 2.75) is 11.9 Å². The summed E-state index contributed by atoms with van der Waals surface area (Å²) in [6, 6.07) is 19.2. The highest BCUT2D eigenvalue weighted by Crippen LogP contribution is 2.26. The predicted octanol–water partition coefficient (Wildman–Crippen LogP) is 5.66. The van der Waals surface area contributed by atoms with E-state index in [0.29, 0.717) is 44.9 Å². The van der Waals surface area contributed by atoms with Gasteiger partial charge in [-0.2, -0.15) is 0 Å².